The van der Waals surface area contributed by atoms with Crippen molar-refractivity contribution in [3.05, 3.63) is 200 Å². The first-order chi connectivity index (χ1) is 26.3. The molecule has 0 aliphatic carbocycles. The summed E-state index contributed by atoms with van der Waals surface area (Å²) in [7, 11) is -3.25. The van der Waals surface area contributed by atoms with E-state index in [1.807, 2.05) is 182 Å². The van der Waals surface area contributed by atoms with Crippen LogP contribution in [-0.4, -0.2) is 42.4 Å². The van der Waals surface area contributed by atoms with Crippen LogP contribution >= 0.6 is 9.30 Å². The van der Waals surface area contributed by atoms with Crippen LogP contribution in [0.15, 0.2) is 200 Å². The number of rotatable bonds is 8. The molecule has 8 heteroatoms. The van der Waals surface area contributed by atoms with Crippen LogP contribution in [0.4, 0.5) is 0 Å². The van der Waals surface area contributed by atoms with E-state index in [0.717, 1.165) is 31.1 Å². The molecule has 0 amide bonds. The van der Waals surface area contributed by atoms with Crippen LogP contribution in [0.1, 0.15) is 0 Å². The van der Waals surface area contributed by atoms with Crippen molar-refractivity contribution in [3.63, 3.8) is 0 Å². The van der Waals surface area contributed by atoms with E-state index in [1.54, 1.807) is 10.4 Å². The molecule has 7 rings (SSSR count). The molecule has 0 aliphatic heterocycles. The van der Waals surface area contributed by atoms with Crippen LogP contribution < -0.4 is 41.5 Å². The summed E-state index contributed by atoms with van der Waals surface area (Å²) in [5.74, 6) is 0. The molecular formula is C47H53ClO2Si4Ti. The Labute approximate surface area is 349 Å². The fraction of sp³-hybridized carbons (Fsp3) is 0.128. The van der Waals surface area contributed by atoms with Crippen LogP contribution in [0.25, 0.3) is 0 Å². The summed E-state index contributed by atoms with van der Waals surface area (Å²) in [4.78, 5) is 23.1. The third kappa shape index (κ3) is 11.5. The maximum atomic E-state index is 11.6. The molecule has 0 atom stereocenters. The predicted molar refractivity (Wildman–Crippen MR) is 246 cm³/mol. The van der Waals surface area contributed by atoms with Crippen molar-refractivity contribution >= 4 is 83.6 Å². The summed E-state index contributed by atoms with van der Waals surface area (Å²) in [6.07, 6.45) is 0. The molecule has 0 saturated carbocycles. The average Bonchev–Trinajstić information content (AvgIpc) is 3.77. The first-order valence-corrected chi connectivity index (χ1v) is 31.6. The summed E-state index contributed by atoms with van der Waals surface area (Å²) in [6.45, 7) is 14.5. The van der Waals surface area contributed by atoms with E-state index in [1.165, 1.54) is 19.4 Å². The van der Waals surface area contributed by atoms with E-state index in [4.69, 9.17) is 0 Å². The fourth-order valence-electron chi connectivity index (χ4n) is 6.45. The maximum absolute atomic E-state index is 11.6. The number of hydrogen-bond donors (Lipinski definition) is 2. The second-order valence-electron chi connectivity index (χ2n) is 15.5. The van der Waals surface area contributed by atoms with Gasteiger partial charge in [-0.1, -0.05) is 221 Å². The Morgan fingerprint density at radius 2 is 0.582 bits per heavy atom. The summed E-state index contributed by atoms with van der Waals surface area (Å²) < 4.78 is 0. The fourth-order valence-corrected chi connectivity index (χ4v) is 15.0. The quantitative estimate of drug-likeness (QED) is 0.105. The molecule has 7 aromatic carbocycles. The molecule has 2 N–H and O–H groups in total. The van der Waals surface area contributed by atoms with Crippen molar-refractivity contribution in [2.45, 2.75) is 39.3 Å². The Hall–Kier alpha value is -3.54. The van der Waals surface area contributed by atoms with Gasteiger partial charge in [0.25, 0.3) is 16.6 Å². The Bertz CT molecular complexity index is 1760. The molecule has 0 saturated heterocycles. The van der Waals surface area contributed by atoms with Gasteiger partial charge in [0.1, 0.15) is 0 Å². The monoisotopic (exact) mass is 844 g/mol. The van der Waals surface area contributed by atoms with Gasteiger partial charge in [0, 0.05) is 16.1 Å². The Kier molecular flexibility index (Phi) is 16.5. The molecule has 0 radical (unpaired) electrons. The first kappa shape index (κ1) is 44.2. The van der Waals surface area contributed by atoms with Gasteiger partial charge in [-0.05, 0) is 31.1 Å². The second-order valence-corrected chi connectivity index (χ2v) is 32.0. The zero-order valence-electron chi connectivity index (χ0n) is 32.8. The van der Waals surface area contributed by atoms with Gasteiger partial charge in [0.15, 0.2) is 0 Å². The van der Waals surface area contributed by atoms with Gasteiger partial charge in [-0.25, -0.2) is 11.3 Å². The minimum absolute atomic E-state index is 1.01. The van der Waals surface area contributed by atoms with Crippen molar-refractivity contribution in [2.75, 3.05) is 0 Å². The van der Waals surface area contributed by atoms with Gasteiger partial charge < -0.3 is 9.59 Å². The third-order valence-corrected chi connectivity index (χ3v) is 20.7. The summed E-state index contributed by atoms with van der Waals surface area (Å²) in [5.41, 5.74) is 0. The molecule has 0 aromatic heterocycles. The molecule has 280 valence electrons. The molecule has 0 spiro atoms. The second kappa shape index (κ2) is 20.6. The van der Waals surface area contributed by atoms with Gasteiger partial charge in [-0.15, -0.1) is 0 Å². The molecule has 0 heterocycles. The standard InChI is InChI=1S/2C18H16OSi.C11H21Si2.ClH.Ti/c2*19-20(16-10-4-1-5-11-16,17-12-6-2-7-13-17)18-14-8-3-9-15-18;1-12(2,3)10-7-8-11(9-10)13(4,5)6;;/h2*1-15,19H;7-9H,1-6H3;1H;/q;;-1;;+2/p-1. The molecule has 0 fully saturated rings. The number of halogens is 1. The molecular weight excluding hydrogens is 792 g/mol. The van der Waals surface area contributed by atoms with Crippen LogP contribution in [0, 0.1) is 0 Å². The number of benzene rings is 6. The van der Waals surface area contributed by atoms with Crippen LogP contribution in [-0.2, 0) is 19.4 Å². The van der Waals surface area contributed by atoms with Gasteiger partial charge in [0.05, 0.1) is 0 Å². The molecule has 7 aromatic rings. The van der Waals surface area contributed by atoms with Crippen molar-refractivity contribution in [1.29, 1.82) is 0 Å². The summed E-state index contributed by atoms with van der Waals surface area (Å²) >= 11 is 1.47. The Morgan fingerprint density at radius 3 is 0.727 bits per heavy atom. The van der Waals surface area contributed by atoms with Crippen LogP contribution in [0.3, 0.4) is 0 Å². The molecule has 2 nitrogen and oxygen atoms in total. The van der Waals surface area contributed by atoms with Crippen LogP contribution in [0.5, 0.6) is 0 Å². The van der Waals surface area contributed by atoms with Crippen molar-refractivity contribution in [3.8, 4) is 0 Å². The van der Waals surface area contributed by atoms with Crippen molar-refractivity contribution in [2.24, 2.45) is 0 Å². The minimum atomic E-state index is -2.88. The van der Waals surface area contributed by atoms with Crippen molar-refractivity contribution in [1.82, 2.24) is 0 Å². The third-order valence-electron chi connectivity index (χ3n) is 9.63. The number of hydrogen-bond acceptors (Lipinski definition) is 2. The molecule has 0 aliphatic rings. The predicted octanol–water partition coefficient (Wildman–Crippen LogP) is 6.47. The van der Waals surface area contributed by atoms with E-state index in [2.05, 4.69) is 66.8 Å². The SMILES string of the molecule is C[Si](C)(C)c1cc[c-]([Si](C)(C)C)c1.O[Si](c1ccccc1)(c1ccccc1)c1ccccc1.O[Si](c1ccccc1)(c1ccccc1)c1ccccc1.[Cl][Ti+]. The van der Waals surface area contributed by atoms with E-state index in [-0.39, 0.29) is 0 Å². The van der Waals surface area contributed by atoms with E-state index < -0.39 is 32.8 Å². The van der Waals surface area contributed by atoms with Crippen LogP contribution in [0.2, 0.25) is 39.3 Å². The van der Waals surface area contributed by atoms with Gasteiger partial charge in [-0.3, -0.25) is 0 Å². The van der Waals surface area contributed by atoms with Gasteiger partial charge >= 0.3 is 28.7 Å². The Balaban J connectivity index is 0.000000184. The zero-order valence-corrected chi connectivity index (χ0v) is 39.1. The zero-order chi connectivity index (χ0) is 40.0. The molecule has 55 heavy (non-hydrogen) atoms. The molecule has 0 unspecified atom stereocenters. The first-order valence-electron chi connectivity index (χ1n) is 18.6. The van der Waals surface area contributed by atoms with E-state index in [9.17, 15) is 9.59 Å². The summed E-state index contributed by atoms with van der Waals surface area (Å²) in [6, 6.07) is 67.1. The van der Waals surface area contributed by atoms with Gasteiger partial charge in [-0.2, -0.15) is 17.3 Å². The Morgan fingerprint density at radius 1 is 0.364 bits per heavy atom. The van der Waals surface area contributed by atoms with E-state index >= 15 is 0 Å². The van der Waals surface area contributed by atoms with E-state index in [0.29, 0.717) is 0 Å². The topological polar surface area (TPSA) is 40.5 Å². The normalized spacial score (nSPS) is 11.4. The average molecular weight is 846 g/mol. The summed E-state index contributed by atoms with van der Waals surface area (Å²) in [5, 5.41) is 9.30. The van der Waals surface area contributed by atoms with Crippen molar-refractivity contribution < 1.29 is 29.0 Å². The van der Waals surface area contributed by atoms with Gasteiger partial charge in [0.2, 0.25) is 0 Å². The molecule has 0 bridgehead atoms.